The Bertz CT molecular complexity index is 1060. The summed E-state index contributed by atoms with van der Waals surface area (Å²) in [6.07, 6.45) is 6.20. The van der Waals surface area contributed by atoms with E-state index in [0.717, 1.165) is 18.6 Å². The van der Waals surface area contributed by atoms with Crippen LogP contribution in [0.5, 0.6) is 0 Å². The van der Waals surface area contributed by atoms with E-state index in [1.807, 2.05) is 18.3 Å². The molecular weight excluding hydrogens is 340 g/mol. The average molecular weight is 364 g/mol. The Balaban J connectivity index is 1.52. The van der Waals surface area contributed by atoms with Crippen molar-refractivity contribution in [1.82, 2.24) is 4.98 Å². The second kappa shape index (κ2) is 8.53. The number of fused-ring (bicyclic) bond motifs is 1. The molecule has 4 aromatic rings. The number of hydrogen-bond donors (Lipinski definition) is 0. The maximum atomic E-state index is 4.43. The molecule has 4 rings (SSSR count). The van der Waals surface area contributed by atoms with Gasteiger partial charge in [0.25, 0.3) is 0 Å². The third-order valence-corrected chi connectivity index (χ3v) is 4.99. The third kappa shape index (κ3) is 4.12. The molecule has 0 aliphatic carbocycles. The Labute approximate surface area is 166 Å². The van der Waals surface area contributed by atoms with Gasteiger partial charge in [0, 0.05) is 30.4 Å². The minimum absolute atomic E-state index is 0.926. The number of benzene rings is 3. The van der Waals surface area contributed by atoms with Crippen molar-refractivity contribution in [2.24, 2.45) is 0 Å². The summed E-state index contributed by atoms with van der Waals surface area (Å²) in [5.74, 6) is 0. The summed E-state index contributed by atoms with van der Waals surface area (Å²) in [6.45, 7) is 4.11. The molecule has 1 heterocycles. The van der Waals surface area contributed by atoms with Gasteiger partial charge >= 0.3 is 0 Å². The molecule has 0 radical (unpaired) electrons. The molecule has 0 N–H and O–H groups in total. The lowest BCUT2D eigenvalue weighted by Crippen LogP contribution is -2.21. The van der Waals surface area contributed by atoms with Crippen molar-refractivity contribution in [3.05, 3.63) is 108 Å². The monoisotopic (exact) mass is 364 g/mol. The maximum Gasteiger partial charge on any atom is 0.0707 e. The van der Waals surface area contributed by atoms with Gasteiger partial charge in [-0.15, -0.1) is 0 Å². The predicted molar refractivity (Wildman–Crippen MR) is 120 cm³/mol. The summed E-state index contributed by atoms with van der Waals surface area (Å²) in [4.78, 5) is 6.82. The SMILES string of the molecule is CCN(Cc1ccccc1)c1ccc(C=Cc2ccnc3ccccc23)cc1. The quantitative estimate of drug-likeness (QED) is 0.392. The van der Waals surface area contributed by atoms with Crippen LogP contribution >= 0.6 is 0 Å². The molecule has 0 spiro atoms. The van der Waals surface area contributed by atoms with Crippen LogP contribution < -0.4 is 4.90 Å². The lowest BCUT2D eigenvalue weighted by Gasteiger charge is -2.23. The number of hydrogen-bond acceptors (Lipinski definition) is 2. The molecule has 0 amide bonds. The molecule has 0 unspecified atom stereocenters. The zero-order chi connectivity index (χ0) is 19.2. The van der Waals surface area contributed by atoms with Crippen LogP contribution in [-0.4, -0.2) is 11.5 Å². The van der Waals surface area contributed by atoms with Gasteiger partial charge < -0.3 is 4.90 Å². The Morgan fingerprint density at radius 2 is 1.54 bits per heavy atom. The van der Waals surface area contributed by atoms with Crippen LogP contribution in [0.2, 0.25) is 0 Å². The highest BCUT2D eigenvalue weighted by molar-refractivity contribution is 5.90. The van der Waals surface area contributed by atoms with Gasteiger partial charge in [-0.25, -0.2) is 0 Å². The Kier molecular flexibility index (Phi) is 5.48. The summed E-state index contributed by atoms with van der Waals surface area (Å²) < 4.78 is 0. The highest BCUT2D eigenvalue weighted by Gasteiger charge is 2.05. The van der Waals surface area contributed by atoms with Gasteiger partial charge in [0.1, 0.15) is 0 Å². The molecule has 2 heteroatoms. The second-order valence-corrected chi connectivity index (χ2v) is 6.84. The van der Waals surface area contributed by atoms with Crippen LogP contribution in [0.3, 0.4) is 0 Å². The summed E-state index contributed by atoms with van der Waals surface area (Å²) in [6, 6.07) is 29.7. The van der Waals surface area contributed by atoms with E-state index in [2.05, 4.69) is 102 Å². The molecule has 0 fully saturated rings. The summed E-state index contributed by atoms with van der Waals surface area (Å²) in [7, 11) is 0. The lowest BCUT2D eigenvalue weighted by atomic mass is 10.1. The van der Waals surface area contributed by atoms with Crippen molar-refractivity contribution in [3.8, 4) is 0 Å². The molecule has 138 valence electrons. The Morgan fingerprint density at radius 3 is 2.32 bits per heavy atom. The van der Waals surface area contributed by atoms with Gasteiger partial charge in [-0.2, -0.15) is 0 Å². The van der Waals surface area contributed by atoms with Gasteiger partial charge in [0.15, 0.2) is 0 Å². The molecular formula is C26H24N2. The standard InChI is InChI=1S/C26H24N2/c1-2-28(20-22-8-4-3-5-9-22)24-16-13-21(14-17-24)12-15-23-18-19-27-26-11-7-6-10-25(23)26/h3-19H,2,20H2,1H3. The number of anilines is 1. The van der Waals surface area contributed by atoms with E-state index >= 15 is 0 Å². The zero-order valence-electron chi connectivity index (χ0n) is 16.1. The predicted octanol–water partition coefficient (Wildman–Crippen LogP) is 6.43. The van der Waals surface area contributed by atoms with Gasteiger partial charge in [0.05, 0.1) is 5.52 Å². The highest BCUT2D eigenvalue weighted by Crippen LogP contribution is 2.21. The molecule has 0 bridgehead atoms. The smallest absolute Gasteiger partial charge is 0.0707 e. The fourth-order valence-corrected chi connectivity index (χ4v) is 3.44. The second-order valence-electron chi connectivity index (χ2n) is 6.84. The van der Waals surface area contributed by atoms with Crippen LogP contribution in [0, 0.1) is 0 Å². The average Bonchev–Trinajstić information content (AvgIpc) is 2.77. The van der Waals surface area contributed by atoms with Crippen molar-refractivity contribution in [2.75, 3.05) is 11.4 Å². The maximum absolute atomic E-state index is 4.43. The van der Waals surface area contributed by atoms with Gasteiger partial charge in [-0.3, -0.25) is 4.98 Å². The van der Waals surface area contributed by atoms with E-state index in [0.29, 0.717) is 0 Å². The van der Waals surface area contributed by atoms with Crippen LogP contribution in [0.15, 0.2) is 91.1 Å². The molecule has 0 saturated carbocycles. The summed E-state index contributed by atoms with van der Waals surface area (Å²) >= 11 is 0. The van der Waals surface area contributed by atoms with Gasteiger partial charge in [-0.1, -0.05) is 72.8 Å². The van der Waals surface area contributed by atoms with Crippen LogP contribution in [0.25, 0.3) is 23.1 Å². The van der Waals surface area contributed by atoms with Crippen molar-refractivity contribution in [2.45, 2.75) is 13.5 Å². The van der Waals surface area contributed by atoms with E-state index in [-0.39, 0.29) is 0 Å². The van der Waals surface area contributed by atoms with E-state index in [4.69, 9.17) is 0 Å². The third-order valence-electron chi connectivity index (χ3n) is 4.99. The molecule has 0 atom stereocenters. The van der Waals surface area contributed by atoms with Gasteiger partial charge in [0.2, 0.25) is 0 Å². The van der Waals surface area contributed by atoms with Crippen molar-refractivity contribution < 1.29 is 0 Å². The topological polar surface area (TPSA) is 16.1 Å². The van der Waals surface area contributed by atoms with Gasteiger partial charge in [-0.05, 0) is 47.9 Å². The first-order valence-corrected chi connectivity index (χ1v) is 9.74. The fraction of sp³-hybridized carbons (Fsp3) is 0.115. The molecule has 0 aliphatic rings. The van der Waals surface area contributed by atoms with Crippen LogP contribution in [0.4, 0.5) is 5.69 Å². The largest absolute Gasteiger partial charge is 0.367 e. The number of aromatic nitrogens is 1. The zero-order valence-corrected chi connectivity index (χ0v) is 16.1. The number of nitrogens with zero attached hydrogens (tertiary/aromatic N) is 2. The molecule has 3 aromatic carbocycles. The first-order chi connectivity index (χ1) is 13.8. The van der Waals surface area contributed by atoms with Crippen molar-refractivity contribution in [1.29, 1.82) is 0 Å². The first kappa shape index (κ1) is 18.0. The normalized spacial score (nSPS) is 11.2. The Hall–Kier alpha value is -3.39. The molecule has 1 aromatic heterocycles. The first-order valence-electron chi connectivity index (χ1n) is 9.74. The number of rotatable bonds is 6. The van der Waals surface area contributed by atoms with E-state index in [1.54, 1.807) is 0 Å². The summed E-state index contributed by atoms with van der Waals surface area (Å²) in [5, 5.41) is 1.18. The number of para-hydroxylation sites is 1. The molecule has 28 heavy (non-hydrogen) atoms. The van der Waals surface area contributed by atoms with Crippen molar-refractivity contribution in [3.63, 3.8) is 0 Å². The fourth-order valence-electron chi connectivity index (χ4n) is 3.44. The molecule has 2 nitrogen and oxygen atoms in total. The Morgan fingerprint density at radius 1 is 0.786 bits per heavy atom. The van der Waals surface area contributed by atoms with Crippen molar-refractivity contribution >= 4 is 28.7 Å². The molecule has 0 aliphatic heterocycles. The minimum Gasteiger partial charge on any atom is -0.367 e. The lowest BCUT2D eigenvalue weighted by molar-refractivity contribution is 0.832. The van der Waals surface area contributed by atoms with E-state index in [1.165, 1.54) is 27.8 Å². The number of pyridine rings is 1. The van der Waals surface area contributed by atoms with E-state index in [9.17, 15) is 0 Å². The van der Waals surface area contributed by atoms with Crippen LogP contribution in [0.1, 0.15) is 23.6 Å². The molecule has 0 saturated heterocycles. The minimum atomic E-state index is 0.926. The highest BCUT2D eigenvalue weighted by atomic mass is 15.1. The van der Waals surface area contributed by atoms with Crippen LogP contribution in [-0.2, 0) is 6.54 Å². The summed E-state index contributed by atoms with van der Waals surface area (Å²) in [5.41, 5.74) is 5.99. The van der Waals surface area contributed by atoms with E-state index < -0.39 is 0 Å².